The zero-order valence-corrected chi connectivity index (χ0v) is 35.4. The second-order valence-corrected chi connectivity index (χ2v) is 19.5. The molecule has 4 aliphatic rings. The number of hydrogen-bond donors (Lipinski definition) is 0. The van der Waals surface area contributed by atoms with Gasteiger partial charge in [-0.15, -0.1) is 11.3 Å². The third-order valence-corrected chi connectivity index (χ3v) is 15.8. The first-order chi connectivity index (χ1) is 30.6. The van der Waals surface area contributed by atoms with Crippen LogP contribution in [0.1, 0.15) is 44.1 Å². The lowest BCUT2D eigenvalue weighted by Crippen LogP contribution is -2.48. The Balaban J connectivity index is 0.841. The van der Waals surface area contributed by atoms with E-state index in [-0.39, 0.29) is 0 Å². The fourth-order valence-electron chi connectivity index (χ4n) is 12.2. The number of furan rings is 1. The minimum absolute atomic E-state index is 0.397. The minimum Gasteiger partial charge on any atom is -0.456 e. The van der Waals surface area contributed by atoms with Crippen LogP contribution in [0.25, 0.3) is 53.2 Å². The summed E-state index contributed by atoms with van der Waals surface area (Å²) < 4.78 is 8.86. The van der Waals surface area contributed by atoms with Gasteiger partial charge >= 0.3 is 0 Å². The molecular formula is C58H46N2OS. The molecule has 62 heavy (non-hydrogen) atoms. The molecule has 8 aromatic carbocycles. The van der Waals surface area contributed by atoms with E-state index in [9.17, 15) is 0 Å². The largest absolute Gasteiger partial charge is 0.456 e. The van der Waals surface area contributed by atoms with E-state index in [0.29, 0.717) is 5.41 Å². The van der Waals surface area contributed by atoms with Gasteiger partial charge < -0.3 is 14.2 Å². The Bertz CT molecular complexity index is 3120. The Labute approximate surface area is 366 Å². The van der Waals surface area contributed by atoms with Gasteiger partial charge in [0.1, 0.15) is 11.2 Å². The Hall–Kier alpha value is -6.62. The fraction of sp³-hybridized carbons (Fsp3) is 0.172. The fourth-order valence-corrected chi connectivity index (χ4v) is 13.3. The van der Waals surface area contributed by atoms with Gasteiger partial charge in [0.15, 0.2) is 0 Å². The summed E-state index contributed by atoms with van der Waals surface area (Å²) in [5.41, 5.74) is 13.0. The van der Waals surface area contributed by atoms with Crippen LogP contribution < -0.4 is 9.80 Å². The molecule has 300 valence electrons. The molecule has 0 spiro atoms. The van der Waals surface area contributed by atoms with Gasteiger partial charge in [-0.2, -0.15) is 0 Å². The molecule has 0 saturated heterocycles. The molecule has 4 heteroatoms. The standard InChI is InChI=1S/C58H46N2OS/c1-2-8-44(9-3-1)59(47-24-18-43(19-25-47)58-35-38-30-39(36-58)32-40(31-38)37-58)45-20-14-41(15-21-45)42-16-22-46(23-17-42)60(48-26-28-55-52(33-48)50-10-4-6-12-54(50)61-55)49-27-29-57-53(34-49)51-11-5-7-13-56(51)62-57/h1-29,33-34,38-40H,30-32,35-37H2. The molecular weight excluding hydrogens is 773 g/mol. The predicted molar refractivity (Wildman–Crippen MR) is 261 cm³/mol. The summed E-state index contributed by atoms with van der Waals surface area (Å²) in [6.45, 7) is 0. The van der Waals surface area contributed by atoms with Crippen molar-refractivity contribution in [3.63, 3.8) is 0 Å². The van der Waals surface area contributed by atoms with Gasteiger partial charge in [0.05, 0.1) is 0 Å². The lowest BCUT2D eigenvalue weighted by Gasteiger charge is -2.57. The van der Waals surface area contributed by atoms with Crippen LogP contribution in [0.2, 0.25) is 0 Å². The highest BCUT2D eigenvalue weighted by molar-refractivity contribution is 7.25. The smallest absolute Gasteiger partial charge is 0.135 e. The number of anilines is 6. The summed E-state index contributed by atoms with van der Waals surface area (Å²) in [5, 5.41) is 4.82. The van der Waals surface area contributed by atoms with Gasteiger partial charge in [-0.05, 0) is 175 Å². The van der Waals surface area contributed by atoms with Crippen LogP contribution in [-0.4, -0.2) is 0 Å². The van der Waals surface area contributed by atoms with Crippen molar-refractivity contribution in [2.24, 2.45) is 17.8 Å². The summed E-state index contributed by atoms with van der Waals surface area (Å²) in [6, 6.07) is 69.2. The summed E-state index contributed by atoms with van der Waals surface area (Å²) >= 11 is 1.85. The number of fused-ring (bicyclic) bond motifs is 6. The SMILES string of the molecule is c1ccc(N(c2ccc(-c3ccc(N(c4ccc5oc6ccccc6c5c4)c4ccc5sc6ccccc6c5c4)cc3)cc2)c2ccc(C34CC5CC(CC(C5)C3)C4)cc2)cc1. The maximum atomic E-state index is 6.26. The van der Waals surface area contributed by atoms with Gasteiger partial charge in [-0.3, -0.25) is 0 Å². The van der Waals surface area contributed by atoms with E-state index in [2.05, 4.69) is 186 Å². The van der Waals surface area contributed by atoms with Gasteiger partial charge in [0.2, 0.25) is 0 Å². The van der Waals surface area contributed by atoms with Gasteiger partial charge in [0, 0.05) is 65.1 Å². The van der Waals surface area contributed by atoms with Crippen molar-refractivity contribution in [1.82, 2.24) is 0 Å². The minimum atomic E-state index is 0.397. The third kappa shape index (κ3) is 5.99. The van der Waals surface area contributed by atoms with Crippen LogP contribution in [-0.2, 0) is 5.41 Å². The van der Waals surface area contributed by atoms with Crippen LogP contribution in [0.5, 0.6) is 0 Å². The maximum Gasteiger partial charge on any atom is 0.135 e. The summed E-state index contributed by atoms with van der Waals surface area (Å²) in [4.78, 5) is 4.79. The average Bonchev–Trinajstić information content (AvgIpc) is 3.88. The van der Waals surface area contributed by atoms with Crippen molar-refractivity contribution in [3.05, 3.63) is 194 Å². The normalized spacial score (nSPS) is 20.4. The van der Waals surface area contributed by atoms with E-state index in [4.69, 9.17) is 4.42 Å². The molecule has 0 N–H and O–H groups in total. The van der Waals surface area contributed by atoms with E-state index in [0.717, 1.165) is 62.4 Å². The molecule has 2 heterocycles. The van der Waals surface area contributed by atoms with Crippen molar-refractivity contribution in [3.8, 4) is 11.1 Å². The van der Waals surface area contributed by atoms with Crippen molar-refractivity contribution >= 4 is 87.6 Å². The first kappa shape index (κ1) is 36.1. The number of benzene rings is 8. The maximum absolute atomic E-state index is 6.26. The number of para-hydroxylation sites is 2. The van der Waals surface area contributed by atoms with E-state index < -0.39 is 0 Å². The Morgan fingerprint density at radius 2 is 0.855 bits per heavy atom. The van der Waals surface area contributed by atoms with Crippen LogP contribution in [0.15, 0.2) is 192 Å². The molecule has 2 aromatic heterocycles. The van der Waals surface area contributed by atoms with Crippen molar-refractivity contribution < 1.29 is 4.42 Å². The number of hydrogen-bond acceptors (Lipinski definition) is 4. The molecule has 4 fully saturated rings. The molecule has 3 nitrogen and oxygen atoms in total. The third-order valence-electron chi connectivity index (χ3n) is 14.6. The number of nitrogens with zero attached hydrogens (tertiary/aromatic N) is 2. The molecule has 0 atom stereocenters. The Kier molecular flexibility index (Phi) is 8.27. The summed E-state index contributed by atoms with van der Waals surface area (Å²) in [5.74, 6) is 2.82. The molecule has 0 radical (unpaired) electrons. The van der Waals surface area contributed by atoms with Crippen molar-refractivity contribution in [2.45, 2.75) is 43.9 Å². The summed E-state index contributed by atoms with van der Waals surface area (Å²) in [6.07, 6.45) is 8.60. The second-order valence-electron chi connectivity index (χ2n) is 18.4. The zero-order valence-electron chi connectivity index (χ0n) is 34.6. The van der Waals surface area contributed by atoms with Crippen molar-refractivity contribution in [2.75, 3.05) is 9.80 Å². The zero-order chi connectivity index (χ0) is 40.8. The lowest BCUT2D eigenvalue weighted by molar-refractivity contribution is -0.00518. The van der Waals surface area contributed by atoms with Gasteiger partial charge in [-0.1, -0.05) is 91.0 Å². The second kappa shape index (κ2) is 14.2. The average molecular weight is 819 g/mol. The summed E-state index contributed by atoms with van der Waals surface area (Å²) in [7, 11) is 0. The van der Waals surface area contributed by atoms with Crippen LogP contribution in [0.3, 0.4) is 0 Å². The molecule has 4 saturated carbocycles. The molecule has 4 aliphatic carbocycles. The van der Waals surface area contributed by atoms with E-state index in [1.807, 2.05) is 23.5 Å². The molecule has 14 rings (SSSR count). The van der Waals surface area contributed by atoms with Crippen LogP contribution in [0, 0.1) is 17.8 Å². The van der Waals surface area contributed by atoms with E-state index in [1.165, 1.54) is 81.2 Å². The highest BCUT2D eigenvalue weighted by Gasteiger charge is 2.51. The highest BCUT2D eigenvalue weighted by atomic mass is 32.1. The molecule has 4 bridgehead atoms. The number of thiophene rings is 1. The quantitative estimate of drug-likeness (QED) is 0.152. The molecule has 0 unspecified atom stereocenters. The van der Waals surface area contributed by atoms with Crippen LogP contribution >= 0.6 is 11.3 Å². The predicted octanol–water partition coefficient (Wildman–Crippen LogP) is 17.0. The first-order valence-electron chi connectivity index (χ1n) is 22.4. The van der Waals surface area contributed by atoms with E-state index in [1.54, 1.807) is 5.56 Å². The molecule has 10 aromatic rings. The molecule has 0 amide bonds. The van der Waals surface area contributed by atoms with Crippen LogP contribution in [0.4, 0.5) is 34.1 Å². The Morgan fingerprint density at radius 1 is 0.387 bits per heavy atom. The highest BCUT2D eigenvalue weighted by Crippen LogP contribution is 2.61. The van der Waals surface area contributed by atoms with Gasteiger partial charge in [0.25, 0.3) is 0 Å². The monoisotopic (exact) mass is 818 g/mol. The molecule has 0 aliphatic heterocycles. The topological polar surface area (TPSA) is 19.6 Å². The van der Waals surface area contributed by atoms with Gasteiger partial charge in [-0.25, -0.2) is 0 Å². The Morgan fingerprint density at radius 3 is 1.52 bits per heavy atom. The van der Waals surface area contributed by atoms with E-state index >= 15 is 0 Å². The lowest BCUT2D eigenvalue weighted by atomic mass is 9.48. The first-order valence-corrected chi connectivity index (χ1v) is 23.2. The van der Waals surface area contributed by atoms with Crippen molar-refractivity contribution in [1.29, 1.82) is 0 Å². The number of rotatable bonds is 8.